The maximum atomic E-state index is 9.46. The summed E-state index contributed by atoms with van der Waals surface area (Å²) in [7, 11) is 0. The van der Waals surface area contributed by atoms with Crippen LogP contribution in [0, 0.1) is 0 Å². The number of aliphatic carboxylic acids is 2. The minimum atomic E-state index is -1.21. The van der Waals surface area contributed by atoms with Crippen molar-refractivity contribution < 1.29 is 42.3 Å². The number of carboxylic acid groups (broad SMARTS) is 2. The summed E-state index contributed by atoms with van der Waals surface area (Å²) in [4.78, 5) is 18.9. The molecular weight excluding hydrogens is 244 g/mol. The Labute approximate surface area is 92.2 Å². The molecule has 0 saturated heterocycles. The van der Waals surface area contributed by atoms with Gasteiger partial charge in [-0.05, 0) is 13.8 Å². The molecule has 0 amide bonds. The summed E-state index contributed by atoms with van der Waals surface area (Å²) in [5.74, 6) is -2.43. The first-order chi connectivity index (χ1) is 5.29. The van der Waals surface area contributed by atoms with E-state index in [1.165, 1.54) is 13.8 Å². The van der Waals surface area contributed by atoms with Crippen molar-refractivity contribution in [3.8, 4) is 0 Å². The van der Waals surface area contributed by atoms with Gasteiger partial charge < -0.3 is 36.7 Å². The van der Waals surface area contributed by atoms with Crippen molar-refractivity contribution in [2.24, 2.45) is 11.5 Å². The smallest absolute Gasteiger partial charge is 0.548 e. The average Bonchev–Trinajstić information content (AvgIpc) is 1.88. The Morgan fingerprint density at radius 2 is 1.07 bits per heavy atom. The molecule has 0 aromatic heterocycles. The van der Waals surface area contributed by atoms with Gasteiger partial charge in [-0.3, -0.25) is 0 Å². The fraction of sp³-hybridized carbons (Fsp3) is 0.667. The Kier molecular flexibility index (Phi) is 20.5. The first kappa shape index (κ1) is 23.3. The van der Waals surface area contributed by atoms with E-state index in [-0.39, 0.29) is 22.5 Å². The van der Waals surface area contributed by atoms with Crippen LogP contribution in [0.5, 0.6) is 0 Å². The van der Waals surface area contributed by atoms with Gasteiger partial charge in [0.15, 0.2) is 0 Å². The van der Waals surface area contributed by atoms with Crippen LogP contribution in [-0.4, -0.2) is 29.5 Å². The zero-order valence-corrected chi connectivity index (χ0v) is 8.69. The molecule has 0 aromatic carbocycles. The second kappa shape index (κ2) is 12.3. The van der Waals surface area contributed by atoms with Gasteiger partial charge in [0.25, 0.3) is 0 Å². The Morgan fingerprint density at radius 3 is 1.07 bits per heavy atom. The number of carbonyl (C=O) groups is 2. The summed E-state index contributed by atoms with van der Waals surface area (Å²) in [5.41, 5.74) is 9.55. The summed E-state index contributed by atoms with van der Waals surface area (Å²) in [6.45, 7) is 2.71. The van der Waals surface area contributed by atoms with Gasteiger partial charge in [-0.15, -0.1) is 0 Å². The van der Waals surface area contributed by atoms with Gasteiger partial charge in [0.1, 0.15) is 0 Å². The van der Waals surface area contributed by atoms with Crippen LogP contribution in [-0.2, 0) is 26.7 Å². The molecule has 1 radical (unpaired) electrons. The molecule has 7 nitrogen and oxygen atoms in total. The average molecular weight is 258 g/mol. The van der Waals surface area contributed by atoms with E-state index in [1.807, 2.05) is 0 Å². The third-order valence-corrected chi connectivity index (χ3v) is 0.744. The molecule has 0 saturated carbocycles. The van der Waals surface area contributed by atoms with E-state index in [1.54, 1.807) is 0 Å². The second-order valence-corrected chi connectivity index (χ2v) is 2.22. The molecule has 2 unspecified atom stereocenters. The minimum absolute atomic E-state index is 0. The molecule has 0 aliphatic rings. The summed E-state index contributed by atoms with van der Waals surface area (Å²) in [6.07, 6.45) is 0. The van der Waals surface area contributed by atoms with Crippen LogP contribution in [0.15, 0.2) is 0 Å². The number of rotatable bonds is 2. The van der Waals surface area contributed by atoms with E-state index < -0.39 is 24.0 Å². The maximum Gasteiger partial charge on any atom is 2.00 e. The molecule has 0 aromatic rings. The van der Waals surface area contributed by atoms with E-state index in [0.717, 1.165) is 0 Å². The van der Waals surface area contributed by atoms with Crippen molar-refractivity contribution in [2.45, 2.75) is 25.9 Å². The maximum absolute atomic E-state index is 9.46. The topological polar surface area (TPSA) is 164 Å². The first-order valence-electron chi connectivity index (χ1n) is 3.22. The molecule has 0 bridgehead atoms. The van der Waals surface area contributed by atoms with Crippen molar-refractivity contribution in [3.05, 3.63) is 0 Å². The molecule has 0 aliphatic carbocycles. The quantitative estimate of drug-likeness (QED) is 0.472. The van der Waals surface area contributed by atoms with Gasteiger partial charge in [-0.1, -0.05) is 0 Å². The summed E-state index contributed by atoms with van der Waals surface area (Å²) < 4.78 is 0. The largest absolute Gasteiger partial charge is 2.00 e. The third-order valence-electron chi connectivity index (χ3n) is 0.744. The van der Waals surface area contributed by atoms with Crippen molar-refractivity contribution in [3.63, 3.8) is 0 Å². The monoisotopic (exact) mass is 257 g/mol. The van der Waals surface area contributed by atoms with E-state index in [4.69, 9.17) is 11.5 Å². The van der Waals surface area contributed by atoms with Gasteiger partial charge in [0, 0.05) is 12.1 Å². The van der Waals surface area contributed by atoms with E-state index >= 15 is 0 Å². The van der Waals surface area contributed by atoms with Gasteiger partial charge >= 0.3 is 17.1 Å². The number of carboxylic acids is 2. The van der Waals surface area contributed by atoms with Crippen molar-refractivity contribution in [1.82, 2.24) is 0 Å². The van der Waals surface area contributed by atoms with Crippen LogP contribution >= 0.6 is 0 Å². The number of carbonyl (C=O) groups excluding carboxylic acids is 2. The van der Waals surface area contributed by atoms with Gasteiger partial charge in [0.05, 0.1) is 11.9 Å². The molecular formula is C6H14CuN2O5. The molecule has 8 heteroatoms. The predicted octanol–water partition coefficient (Wildman–Crippen LogP) is -4.66. The third kappa shape index (κ3) is 22.5. The normalized spacial score (nSPS) is 11.7. The van der Waals surface area contributed by atoms with Crippen LogP contribution in [0.25, 0.3) is 0 Å². The minimum Gasteiger partial charge on any atom is -0.548 e. The Hall–Kier alpha value is -0.661. The van der Waals surface area contributed by atoms with Crippen LogP contribution in [0.4, 0.5) is 0 Å². The number of nitrogens with two attached hydrogens (primary N) is 2. The van der Waals surface area contributed by atoms with Crippen LogP contribution in [0.2, 0.25) is 0 Å². The molecule has 0 rings (SSSR count). The fourth-order valence-corrected chi connectivity index (χ4v) is 0. The first-order valence-corrected chi connectivity index (χ1v) is 3.22. The SMILES string of the molecule is CC(N)C(=O)[O-].CC(N)C(=O)[O-].O.[Cu+2]. The van der Waals surface area contributed by atoms with Gasteiger partial charge in [-0.2, -0.15) is 0 Å². The number of hydrogen-bond donors (Lipinski definition) is 2. The van der Waals surface area contributed by atoms with Crippen LogP contribution < -0.4 is 21.7 Å². The van der Waals surface area contributed by atoms with Crippen LogP contribution in [0.1, 0.15) is 13.8 Å². The fourth-order valence-electron chi connectivity index (χ4n) is 0. The van der Waals surface area contributed by atoms with E-state index in [0.29, 0.717) is 0 Å². The molecule has 14 heavy (non-hydrogen) atoms. The van der Waals surface area contributed by atoms with Crippen molar-refractivity contribution in [2.75, 3.05) is 0 Å². The zero-order valence-electron chi connectivity index (χ0n) is 7.74. The van der Waals surface area contributed by atoms with Gasteiger partial charge in [-0.25, -0.2) is 0 Å². The Balaban J connectivity index is -0.0000000625. The zero-order chi connectivity index (χ0) is 10.3. The number of hydrogen-bond acceptors (Lipinski definition) is 6. The summed E-state index contributed by atoms with van der Waals surface area (Å²) in [5, 5.41) is 18.9. The summed E-state index contributed by atoms with van der Waals surface area (Å²) >= 11 is 0. The molecule has 0 aliphatic heterocycles. The van der Waals surface area contributed by atoms with E-state index in [2.05, 4.69) is 0 Å². The summed E-state index contributed by atoms with van der Waals surface area (Å²) in [6, 6.07) is -1.69. The van der Waals surface area contributed by atoms with Crippen LogP contribution in [0.3, 0.4) is 0 Å². The molecule has 0 fully saturated rings. The van der Waals surface area contributed by atoms with Gasteiger partial charge in [0.2, 0.25) is 0 Å². The molecule has 0 spiro atoms. The second-order valence-electron chi connectivity index (χ2n) is 2.22. The molecule has 2 atom stereocenters. The Bertz CT molecular complexity index is 144. The van der Waals surface area contributed by atoms with E-state index in [9.17, 15) is 19.8 Å². The predicted molar refractivity (Wildman–Crippen MR) is 40.9 cm³/mol. The molecule has 6 N–H and O–H groups in total. The molecule has 0 heterocycles. The van der Waals surface area contributed by atoms with Crippen molar-refractivity contribution >= 4 is 11.9 Å². The standard InChI is InChI=1S/2C3H7NO2.Cu.H2O/c2*1-2(4)3(5)6;;/h2*2H,4H2,1H3,(H,5,6);;1H2/q;;+2;/p-2. The van der Waals surface area contributed by atoms with Crippen molar-refractivity contribution in [1.29, 1.82) is 0 Å². The molecule has 89 valence electrons. The Morgan fingerprint density at radius 1 is 1.00 bits per heavy atom.